The van der Waals surface area contributed by atoms with Crippen molar-refractivity contribution in [1.29, 1.82) is 0 Å². The first kappa shape index (κ1) is 10.9. The van der Waals surface area contributed by atoms with E-state index in [1.54, 1.807) is 0 Å². The van der Waals surface area contributed by atoms with Crippen LogP contribution in [0.25, 0.3) is 0 Å². The molecule has 1 heterocycles. The van der Waals surface area contributed by atoms with Gasteiger partial charge in [-0.3, -0.25) is 4.90 Å². The van der Waals surface area contributed by atoms with Gasteiger partial charge in [0.1, 0.15) is 0 Å². The van der Waals surface area contributed by atoms with Crippen molar-refractivity contribution in [2.45, 2.75) is 13.0 Å². The van der Waals surface area contributed by atoms with Crippen LogP contribution in [-0.4, -0.2) is 62.0 Å². The van der Waals surface area contributed by atoms with Crippen molar-refractivity contribution < 1.29 is 9.84 Å². The largest absolute Gasteiger partial charge is 0.395 e. The molecule has 0 amide bonds. The lowest BCUT2D eigenvalue weighted by molar-refractivity contribution is 0.0300. The predicted molar refractivity (Wildman–Crippen MR) is 51.8 cm³/mol. The number of aliphatic hydroxyl groups excluding tert-OH is 1. The maximum atomic E-state index is 9.07. The van der Waals surface area contributed by atoms with Gasteiger partial charge in [-0.2, -0.15) is 0 Å². The molecule has 1 unspecified atom stereocenters. The molecule has 0 aromatic carbocycles. The summed E-state index contributed by atoms with van der Waals surface area (Å²) in [6.45, 7) is 7.73. The summed E-state index contributed by atoms with van der Waals surface area (Å²) >= 11 is 0. The minimum absolute atomic E-state index is 0.211. The average Bonchev–Trinajstić information content (AvgIpc) is 2.19. The molecule has 0 aliphatic carbocycles. The van der Waals surface area contributed by atoms with Crippen molar-refractivity contribution >= 4 is 0 Å². The number of likely N-dealkylation sites (N-methyl/N-ethyl adjacent to an activating group) is 1. The van der Waals surface area contributed by atoms with E-state index >= 15 is 0 Å². The molecule has 1 saturated heterocycles. The molecule has 1 fully saturated rings. The molecule has 0 saturated carbocycles. The van der Waals surface area contributed by atoms with Gasteiger partial charge in [0, 0.05) is 25.7 Å². The number of nitrogens with zero attached hydrogens (tertiary/aromatic N) is 1. The topological polar surface area (TPSA) is 44.7 Å². The van der Waals surface area contributed by atoms with E-state index in [0.29, 0.717) is 0 Å². The quantitative estimate of drug-likeness (QED) is 0.598. The number of hydrogen-bond acceptors (Lipinski definition) is 4. The van der Waals surface area contributed by atoms with Crippen LogP contribution < -0.4 is 5.32 Å². The second-order valence-corrected chi connectivity index (χ2v) is 3.35. The maximum Gasteiger partial charge on any atom is 0.0597 e. The molecule has 0 radical (unpaired) electrons. The average molecular weight is 188 g/mol. The van der Waals surface area contributed by atoms with Crippen molar-refractivity contribution in [3.63, 3.8) is 0 Å². The normalized spacial score (nSPS) is 21.7. The predicted octanol–water partition coefficient (Wildman–Crippen LogP) is -0.711. The first-order chi connectivity index (χ1) is 6.36. The van der Waals surface area contributed by atoms with Gasteiger partial charge in [-0.15, -0.1) is 0 Å². The SMILES string of the molecule is CCNC(CO)CN1CCOCC1. The lowest BCUT2D eigenvalue weighted by Gasteiger charge is -2.29. The fraction of sp³-hybridized carbons (Fsp3) is 1.00. The highest BCUT2D eigenvalue weighted by Gasteiger charge is 2.14. The molecule has 13 heavy (non-hydrogen) atoms. The Morgan fingerprint density at radius 2 is 2.15 bits per heavy atom. The van der Waals surface area contributed by atoms with Gasteiger partial charge in [0.25, 0.3) is 0 Å². The molecule has 1 aliphatic heterocycles. The van der Waals surface area contributed by atoms with Gasteiger partial charge in [-0.1, -0.05) is 6.92 Å². The summed E-state index contributed by atoms with van der Waals surface area (Å²) < 4.78 is 5.25. The number of rotatable bonds is 5. The minimum Gasteiger partial charge on any atom is -0.395 e. The van der Waals surface area contributed by atoms with Crippen molar-refractivity contribution in [3.05, 3.63) is 0 Å². The molecule has 0 bridgehead atoms. The van der Waals surface area contributed by atoms with Crippen LogP contribution in [-0.2, 0) is 4.74 Å². The lowest BCUT2D eigenvalue weighted by atomic mass is 10.2. The van der Waals surface area contributed by atoms with Crippen LogP contribution in [0.15, 0.2) is 0 Å². The number of aliphatic hydroxyl groups is 1. The van der Waals surface area contributed by atoms with E-state index in [1.807, 2.05) is 0 Å². The van der Waals surface area contributed by atoms with Crippen LogP contribution in [0.4, 0.5) is 0 Å². The molecule has 4 heteroatoms. The van der Waals surface area contributed by atoms with Gasteiger partial charge in [-0.25, -0.2) is 0 Å². The Kier molecular flexibility index (Phi) is 5.31. The summed E-state index contributed by atoms with van der Waals surface area (Å²) in [6, 6.07) is 0.211. The van der Waals surface area contributed by atoms with Crippen LogP contribution in [0.3, 0.4) is 0 Å². The molecular weight excluding hydrogens is 168 g/mol. The maximum absolute atomic E-state index is 9.07. The second kappa shape index (κ2) is 6.32. The minimum atomic E-state index is 0.211. The Balaban J connectivity index is 2.18. The summed E-state index contributed by atoms with van der Waals surface area (Å²) in [5.74, 6) is 0. The molecule has 0 aromatic rings. The van der Waals surface area contributed by atoms with Gasteiger partial charge in [-0.05, 0) is 6.54 Å². The van der Waals surface area contributed by atoms with Crippen molar-refractivity contribution in [1.82, 2.24) is 10.2 Å². The van der Waals surface area contributed by atoms with Crippen molar-refractivity contribution in [2.75, 3.05) is 46.0 Å². The summed E-state index contributed by atoms with van der Waals surface area (Å²) in [5, 5.41) is 12.3. The first-order valence-electron chi connectivity index (χ1n) is 5.01. The van der Waals surface area contributed by atoms with Gasteiger partial charge in [0.05, 0.1) is 19.8 Å². The van der Waals surface area contributed by atoms with Crippen LogP contribution >= 0.6 is 0 Å². The van der Waals surface area contributed by atoms with E-state index in [4.69, 9.17) is 9.84 Å². The Labute approximate surface area is 79.9 Å². The lowest BCUT2D eigenvalue weighted by Crippen LogP contribution is -2.47. The number of nitrogens with one attached hydrogen (secondary N) is 1. The van der Waals surface area contributed by atoms with Crippen LogP contribution in [0.1, 0.15) is 6.92 Å². The molecule has 1 atom stereocenters. The van der Waals surface area contributed by atoms with Crippen molar-refractivity contribution in [3.8, 4) is 0 Å². The molecule has 1 rings (SSSR count). The molecule has 0 aromatic heterocycles. The van der Waals surface area contributed by atoms with E-state index in [2.05, 4.69) is 17.1 Å². The number of ether oxygens (including phenoxy) is 1. The Hall–Kier alpha value is -0.160. The van der Waals surface area contributed by atoms with Crippen molar-refractivity contribution in [2.24, 2.45) is 0 Å². The van der Waals surface area contributed by atoms with Gasteiger partial charge < -0.3 is 15.2 Å². The standard InChI is InChI=1S/C9H20N2O2/c1-2-10-9(8-12)7-11-3-5-13-6-4-11/h9-10,12H,2-8H2,1H3. The first-order valence-corrected chi connectivity index (χ1v) is 5.01. The smallest absolute Gasteiger partial charge is 0.0597 e. The second-order valence-electron chi connectivity index (χ2n) is 3.35. The monoisotopic (exact) mass is 188 g/mol. The fourth-order valence-electron chi connectivity index (χ4n) is 1.57. The van der Waals surface area contributed by atoms with Crippen LogP contribution in [0.5, 0.6) is 0 Å². The van der Waals surface area contributed by atoms with Crippen LogP contribution in [0, 0.1) is 0 Å². The molecule has 2 N–H and O–H groups in total. The highest BCUT2D eigenvalue weighted by atomic mass is 16.5. The van der Waals surface area contributed by atoms with E-state index in [-0.39, 0.29) is 12.6 Å². The van der Waals surface area contributed by atoms with Gasteiger partial charge in [0.2, 0.25) is 0 Å². The Morgan fingerprint density at radius 3 is 2.69 bits per heavy atom. The zero-order chi connectivity index (χ0) is 9.52. The summed E-state index contributed by atoms with van der Waals surface area (Å²) in [6.07, 6.45) is 0. The number of morpholine rings is 1. The number of hydrogen-bond donors (Lipinski definition) is 2. The molecule has 1 aliphatic rings. The van der Waals surface area contributed by atoms with E-state index in [0.717, 1.165) is 39.4 Å². The molecule has 78 valence electrons. The molecule has 4 nitrogen and oxygen atoms in total. The third-order valence-electron chi connectivity index (χ3n) is 2.30. The third-order valence-corrected chi connectivity index (χ3v) is 2.30. The van der Waals surface area contributed by atoms with E-state index in [9.17, 15) is 0 Å². The summed E-state index contributed by atoms with van der Waals surface area (Å²) in [7, 11) is 0. The highest BCUT2D eigenvalue weighted by Crippen LogP contribution is 1.98. The zero-order valence-electron chi connectivity index (χ0n) is 8.33. The summed E-state index contributed by atoms with van der Waals surface area (Å²) in [4.78, 5) is 2.33. The molecular formula is C9H20N2O2. The fourth-order valence-corrected chi connectivity index (χ4v) is 1.57. The summed E-state index contributed by atoms with van der Waals surface area (Å²) in [5.41, 5.74) is 0. The highest BCUT2D eigenvalue weighted by molar-refractivity contribution is 4.72. The van der Waals surface area contributed by atoms with E-state index < -0.39 is 0 Å². The van der Waals surface area contributed by atoms with Crippen LogP contribution in [0.2, 0.25) is 0 Å². The van der Waals surface area contributed by atoms with Gasteiger partial charge >= 0.3 is 0 Å². The molecule has 0 spiro atoms. The van der Waals surface area contributed by atoms with Gasteiger partial charge in [0.15, 0.2) is 0 Å². The Bertz CT molecular complexity index is 124. The Morgan fingerprint density at radius 1 is 1.46 bits per heavy atom. The van der Waals surface area contributed by atoms with E-state index in [1.165, 1.54) is 0 Å². The zero-order valence-corrected chi connectivity index (χ0v) is 8.33. The third kappa shape index (κ3) is 4.04.